The average Bonchev–Trinajstić information content (AvgIpc) is 2.86. The molecule has 0 bridgehead atoms. The summed E-state index contributed by atoms with van der Waals surface area (Å²) in [6, 6.07) is 17.4. The SMILES string of the molecule is C[C@@H]1OC(=O)[C@@H](N(C(=O)OC(C)(C)C)C(=O)OC(C)(C)C)CCCC[C@H](Oc2ccccc2)[C@H]1Oc1ccccc1. The third-order valence-electron chi connectivity index (χ3n) is 6.16. The first-order chi connectivity index (χ1) is 19.2. The normalized spacial score (nSPS) is 22.1. The van der Waals surface area contributed by atoms with Crippen LogP contribution >= 0.6 is 0 Å². The number of benzene rings is 2. The van der Waals surface area contributed by atoms with Crippen LogP contribution < -0.4 is 9.47 Å². The summed E-state index contributed by atoms with van der Waals surface area (Å²) in [5.74, 6) is 0.518. The Morgan fingerprint density at radius 1 is 0.756 bits per heavy atom. The minimum absolute atomic E-state index is 0.173. The van der Waals surface area contributed by atoms with Gasteiger partial charge in [0.15, 0.2) is 6.10 Å². The van der Waals surface area contributed by atoms with Gasteiger partial charge in [0.1, 0.15) is 41.0 Å². The van der Waals surface area contributed by atoms with Crippen LogP contribution in [0.1, 0.15) is 74.1 Å². The van der Waals surface area contributed by atoms with Crippen molar-refractivity contribution in [3.8, 4) is 11.5 Å². The number of carbonyl (C=O) groups excluding carboxylic acids is 3. The van der Waals surface area contributed by atoms with E-state index in [0.717, 1.165) is 4.90 Å². The quantitative estimate of drug-likeness (QED) is 0.282. The molecule has 1 aliphatic heterocycles. The third kappa shape index (κ3) is 9.99. The Morgan fingerprint density at radius 3 is 1.71 bits per heavy atom. The molecule has 2 amide bonds. The highest BCUT2D eigenvalue weighted by Gasteiger charge is 2.43. The first kappa shape index (κ1) is 31.8. The number of amides is 2. The van der Waals surface area contributed by atoms with E-state index in [1.54, 1.807) is 48.5 Å². The molecule has 41 heavy (non-hydrogen) atoms. The molecular formula is C32H43NO8. The zero-order valence-electron chi connectivity index (χ0n) is 25.1. The predicted octanol–water partition coefficient (Wildman–Crippen LogP) is 6.93. The molecule has 0 radical (unpaired) electrons. The molecule has 1 fully saturated rings. The van der Waals surface area contributed by atoms with Crippen LogP contribution in [0.3, 0.4) is 0 Å². The maximum absolute atomic E-state index is 13.7. The van der Waals surface area contributed by atoms with E-state index in [9.17, 15) is 14.4 Å². The fourth-order valence-electron chi connectivity index (χ4n) is 4.41. The molecule has 0 N–H and O–H groups in total. The Morgan fingerprint density at radius 2 is 1.22 bits per heavy atom. The average molecular weight is 570 g/mol. The zero-order chi connectivity index (χ0) is 30.2. The van der Waals surface area contributed by atoms with Crippen molar-refractivity contribution in [1.82, 2.24) is 4.90 Å². The van der Waals surface area contributed by atoms with Crippen LogP contribution in [0.4, 0.5) is 9.59 Å². The smallest absolute Gasteiger partial charge is 0.420 e. The van der Waals surface area contributed by atoms with Crippen LogP contribution in [0, 0.1) is 0 Å². The van der Waals surface area contributed by atoms with Gasteiger partial charge in [-0.05, 0) is 92.0 Å². The lowest BCUT2D eigenvalue weighted by Crippen LogP contribution is -2.54. The van der Waals surface area contributed by atoms with Gasteiger partial charge < -0.3 is 23.7 Å². The van der Waals surface area contributed by atoms with E-state index in [1.807, 2.05) is 60.7 Å². The lowest BCUT2D eigenvalue weighted by molar-refractivity contribution is -0.162. The molecule has 9 heteroatoms. The Kier molecular flexibility index (Phi) is 10.7. The number of hydrogen-bond donors (Lipinski definition) is 0. The second-order valence-electron chi connectivity index (χ2n) is 12.1. The molecule has 0 saturated carbocycles. The molecule has 2 aromatic carbocycles. The van der Waals surface area contributed by atoms with E-state index < -0.39 is 53.7 Å². The Labute approximate surface area is 243 Å². The number of imide groups is 1. The van der Waals surface area contributed by atoms with Gasteiger partial charge in [0.2, 0.25) is 0 Å². The van der Waals surface area contributed by atoms with Gasteiger partial charge in [-0.15, -0.1) is 0 Å². The summed E-state index contributed by atoms with van der Waals surface area (Å²) in [7, 11) is 0. The number of carbonyl (C=O) groups is 3. The van der Waals surface area contributed by atoms with Gasteiger partial charge in [0, 0.05) is 0 Å². The van der Waals surface area contributed by atoms with Crippen LogP contribution in [0.25, 0.3) is 0 Å². The van der Waals surface area contributed by atoms with Crippen molar-refractivity contribution in [1.29, 1.82) is 0 Å². The molecule has 1 saturated heterocycles. The molecule has 9 nitrogen and oxygen atoms in total. The predicted molar refractivity (Wildman–Crippen MR) is 154 cm³/mol. The Bertz CT molecular complexity index is 1110. The lowest BCUT2D eigenvalue weighted by atomic mass is 9.98. The number of para-hydroxylation sites is 2. The Balaban J connectivity index is 1.93. The maximum atomic E-state index is 13.7. The van der Waals surface area contributed by atoms with Gasteiger partial charge in [-0.1, -0.05) is 42.8 Å². The number of rotatable bonds is 5. The van der Waals surface area contributed by atoms with Gasteiger partial charge in [-0.3, -0.25) is 0 Å². The van der Waals surface area contributed by atoms with Gasteiger partial charge in [-0.25, -0.2) is 14.4 Å². The highest BCUT2D eigenvalue weighted by Crippen LogP contribution is 2.28. The molecule has 224 valence electrons. The van der Waals surface area contributed by atoms with Gasteiger partial charge in [0.05, 0.1) is 0 Å². The van der Waals surface area contributed by atoms with Gasteiger partial charge >= 0.3 is 18.2 Å². The van der Waals surface area contributed by atoms with E-state index in [1.165, 1.54) is 0 Å². The molecule has 0 aliphatic carbocycles. The van der Waals surface area contributed by atoms with Crippen molar-refractivity contribution in [3.05, 3.63) is 60.7 Å². The monoisotopic (exact) mass is 569 g/mol. The van der Waals surface area contributed by atoms with Crippen molar-refractivity contribution < 1.29 is 38.1 Å². The van der Waals surface area contributed by atoms with Crippen molar-refractivity contribution >= 4 is 18.2 Å². The van der Waals surface area contributed by atoms with E-state index in [2.05, 4.69) is 0 Å². The van der Waals surface area contributed by atoms with E-state index in [4.69, 9.17) is 23.7 Å². The minimum atomic E-state index is -1.24. The van der Waals surface area contributed by atoms with Crippen molar-refractivity contribution in [2.24, 2.45) is 0 Å². The maximum Gasteiger partial charge on any atom is 0.420 e. The number of esters is 1. The first-order valence-electron chi connectivity index (χ1n) is 14.1. The van der Waals surface area contributed by atoms with E-state index in [-0.39, 0.29) is 6.42 Å². The largest absolute Gasteiger partial charge is 0.486 e. The van der Waals surface area contributed by atoms with E-state index in [0.29, 0.717) is 30.8 Å². The molecule has 3 rings (SSSR count). The van der Waals surface area contributed by atoms with Crippen LogP contribution in [0.2, 0.25) is 0 Å². The zero-order valence-corrected chi connectivity index (χ0v) is 25.1. The van der Waals surface area contributed by atoms with Crippen molar-refractivity contribution in [3.63, 3.8) is 0 Å². The number of nitrogens with zero attached hydrogens (tertiary/aromatic N) is 1. The Hall–Kier alpha value is -3.75. The van der Waals surface area contributed by atoms with E-state index >= 15 is 0 Å². The second kappa shape index (κ2) is 13.7. The van der Waals surface area contributed by atoms with Crippen LogP contribution in [-0.4, -0.2) is 58.6 Å². The van der Waals surface area contributed by atoms with Gasteiger partial charge in [-0.2, -0.15) is 4.90 Å². The first-order valence-corrected chi connectivity index (χ1v) is 14.1. The summed E-state index contributed by atoms with van der Waals surface area (Å²) < 4.78 is 29.7. The lowest BCUT2D eigenvalue weighted by Gasteiger charge is -2.36. The molecular weight excluding hydrogens is 526 g/mol. The van der Waals surface area contributed by atoms with Crippen LogP contribution in [-0.2, 0) is 19.0 Å². The van der Waals surface area contributed by atoms with Crippen molar-refractivity contribution in [2.75, 3.05) is 0 Å². The molecule has 1 heterocycles. The summed E-state index contributed by atoms with van der Waals surface area (Å²) in [5.41, 5.74) is -1.80. The summed E-state index contributed by atoms with van der Waals surface area (Å²) >= 11 is 0. The summed E-state index contributed by atoms with van der Waals surface area (Å²) in [4.78, 5) is 41.0. The number of hydrogen-bond acceptors (Lipinski definition) is 8. The van der Waals surface area contributed by atoms with Crippen LogP contribution in [0.5, 0.6) is 11.5 Å². The highest BCUT2D eigenvalue weighted by molar-refractivity contribution is 5.94. The standard InChI is InChI=1S/C32H43NO8/c1-22-27(39-24-18-12-9-13-19-24)26(38-23-16-10-8-11-17-23)21-15-14-20-25(28(34)37-22)33(29(35)40-31(2,3)4)30(36)41-32(5,6)7/h8-13,16-19,22,25-27H,14-15,20-21H2,1-7H3/t22-,25-,26-,27-/m0/s1. The van der Waals surface area contributed by atoms with Crippen LogP contribution in [0.15, 0.2) is 60.7 Å². The fraction of sp³-hybridized carbons (Fsp3) is 0.531. The molecule has 0 unspecified atom stereocenters. The summed E-state index contributed by atoms with van der Waals surface area (Å²) in [5, 5.41) is 0. The second-order valence-corrected chi connectivity index (χ2v) is 12.1. The fourth-order valence-corrected chi connectivity index (χ4v) is 4.41. The number of cyclic esters (lactones) is 1. The summed E-state index contributed by atoms with van der Waals surface area (Å²) in [6.07, 6.45) is -1.96. The highest BCUT2D eigenvalue weighted by atomic mass is 16.6. The molecule has 4 atom stereocenters. The molecule has 0 aromatic heterocycles. The molecule has 0 spiro atoms. The summed E-state index contributed by atoms with van der Waals surface area (Å²) in [6.45, 7) is 11.8. The van der Waals surface area contributed by atoms with Gasteiger partial charge in [0.25, 0.3) is 0 Å². The minimum Gasteiger partial charge on any atom is -0.486 e. The topological polar surface area (TPSA) is 101 Å². The number of ether oxygens (including phenoxy) is 5. The molecule has 2 aromatic rings. The van der Waals surface area contributed by atoms with Crippen molar-refractivity contribution in [2.45, 2.75) is 110 Å². The molecule has 1 aliphatic rings. The third-order valence-corrected chi connectivity index (χ3v) is 6.16.